The lowest BCUT2D eigenvalue weighted by molar-refractivity contribution is -0.134. The molecular formula is C28H27ClF4N6O4. The second kappa shape index (κ2) is 12.6. The molecule has 2 fully saturated rings. The number of amides is 3. The molecule has 2 aromatic carbocycles. The Kier molecular flexibility index (Phi) is 8.87. The molecule has 1 aromatic heterocycles. The van der Waals surface area contributed by atoms with E-state index < -0.39 is 29.9 Å². The van der Waals surface area contributed by atoms with Crippen molar-refractivity contribution in [3.05, 3.63) is 64.6 Å². The fourth-order valence-corrected chi connectivity index (χ4v) is 5.20. The number of hydrogen-bond donors (Lipinski definition) is 2. The molecule has 0 saturated carbocycles. The van der Waals surface area contributed by atoms with E-state index in [1.807, 2.05) is 0 Å². The highest BCUT2D eigenvalue weighted by Gasteiger charge is 2.29. The molecule has 10 nitrogen and oxygen atoms in total. The molecule has 228 valence electrons. The summed E-state index contributed by atoms with van der Waals surface area (Å²) in [5.41, 5.74) is 0.171. The Hall–Kier alpha value is -4.17. The first-order chi connectivity index (χ1) is 20.5. The van der Waals surface area contributed by atoms with Crippen molar-refractivity contribution in [3.63, 3.8) is 0 Å². The fraction of sp³-hybridized carbons (Fsp3) is 0.357. The van der Waals surface area contributed by atoms with Gasteiger partial charge in [-0.3, -0.25) is 14.4 Å². The van der Waals surface area contributed by atoms with Gasteiger partial charge in [0.2, 0.25) is 11.7 Å². The lowest BCUT2D eigenvalue weighted by Crippen LogP contribution is -2.52. The van der Waals surface area contributed by atoms with Crippen molar-refractivity contribution in [2.75, 3.05) is 44.6 Å². The van der Waals surface area contributed by atoms with Crippen LogP contribution in [0.2, 0.25) is 5.02 Å². The van der Waals surface area contributed by atoms with Crippen LogP contribution < -0.4 is 15.4 Å². The van der Waals surface area contributed by atoms with Gasteiger partial charge in [-0.2, -0.15) is 13.2 Å². The van der Waals surface area contributed by atoms with E-state index in [9.17, 15) is 31.9 Å². The number of anilines is 1. The Morgan fingerprint density at radius 3 is 2.40 bits per heavy atom. The van der Waals surface area contributed by atoms with E-state index in [1.54, 1.807) is 9.80 Å². The van der Waals surface area contributed by atoms with Gasteiger partial charge >= 0.3 is 6.61 Å². The van der Waals surface area contributed by atoms with Crippen molar-refractivity contribution in [2.45, 2.75) is 13.0 Å². The standard InChI is InChI=1S/C28H27ClF4N6O4/c1-37-20(18-4-5-21(43-28(32)33)24(31)23(18)30)14-35-25(37)26(41)36-16-2-3-17(19(29)11-16)27(42)39-8-6-38(7-9-39)22(40)10-15-12-34-13-15/h2-5,11,14-15,28,34H,6-10,12-13H2,1H3,(H,36,41). The van der Waals surface area contributed by atoms with Crippen molar-refractivity contribution in [1.29, 1.82) is 0 Å². The molecule has 3 heterocycles. The number of aromatic nitrogens is 2. The minimum atomic E-state index is -3.33. The van der Waals surface area contributed by atoms with E-state index in [0.717, 1.165) is 31.4 Å². The Labute approximate surface area is 248 Å². The summed E-state index contributed by atoms with van der Waals surface area (Å²) in [6.07, 6.45) is 1.63. The average molecular weight is 623 g/mol. The number of carbonyl (C=O) groups excluding carboxylic acids is 3. The largest absolute Gasteiger partial charge is 0.432 e. The molecule has 0 bridgehead atoms. The summed E-state index contributed by atoms with van der Waals surface area (Å²) in [7, 11) is 1.39. The third kappa shape index (κ3) is 6.44. The molecule has 2 saturated heterocycles. The van der Waals surface area contributed by atoms with Crippen LogP contribution in [0.1, 0.15) is 27.4 Å². The smallest absolute Gasteiger partial charge is 0.387 e. The van der Waals surface area contributed by atoms with Crippen molar-refractivity contribution >= 4 is 35.0 Å². The van der Waals surface area contributed by atoms with Crippen LogP contribution in [-0.4, -0.2) is 83.0 Å². The number of nitrogens with one attached hydrogen (secondary N) is 2. The topological polar surface area (TPSA) is 109 Å². The molecule has 5 rings (SSSR count). The van der Waals surface area contributed by atoms with E-state index in [-0.39, 0.29) is 45.2 Å². The minimum Gasteiger partial charge on any atom is -0.432 e. The second-order valence-electron chi connectivity index (χ2n) is 10.2. The zero-order valence-corrected chi connectivity index (χ0v) is 23.6. The highest BCUT2D eigenvalue weighted by atomic mass is 35.5. The van der Waals surface area contributed by atoms with Crippen LogP contribution in [0.3, 0.4) is 0 Å². The highest BCUT2D eigenvalue weighted by molar-refractivity contribution is 6.34. The number of halogens is 5. The van der Waals surface area contributed by atoms with Gasteiger partial charge in [0, 0.05) is 50.9 Å². The van der Waals surface area contributed by atoms with Crippen molar-refractivity contribution < 1.29 is 36.7 Å². The molecule has 2 N–H and O–H groups in total. The van der Waals surface area contributed by atoms with Crippen LogP contribution in [0.5, 0.6) is 5.75 Å². The molecule has 3 aromatic rings. The molecule has 0 aliphatic carbocycles. The Morgan fingerprint density at radius 1 is 1.07 bits per heavy atom. The summed E-state index contributed by atoms with van der Waals surface area (Å²) in [4.78, 5) is 45.9. The van der Waals surface area contributed by atoms with Gasteiger partial charge in [0.1, 0.15) is 0 Å². The summed E-state index contributed by atoms with van der Waals surface area (Å²) in [5.74, 6) is -4.72. The average Bonchev–Trinajstić information content (AvgIpc) is 3.34. The summed E-state index contributed by atoms with van der Waals surface area (Å²) >= 11 is 6.40. The Bertz CT molecular complexity index is 1560. The Morgan fingerprint density at radius 2 is 1.77 bits per heavy atom. The van der Waals surface area contributed by atoms with Crippen LogP contribution >= 0.6 is 11.6 Å². The predicted octanol–water partition coefficient (Wildman–Crippen LogP) is 3.77. The maximum atomic E-state index is 14.6. The summed E-state index contributed by atoms with van der Waals surface area (Å²) < 4.78 is 58.9. The molecule has 0 atom stereocenters. The molecular weight excluding hydrogens is 596 g/mol. The van der Waals surface area contributed by atoms with Gasteiger partial charge in [-0.1, -0.05) is 11.6 Å². The van der Waals surface area contributed by atoms with Gasteiger partial charge in [0.25, 0.3) is 11.8 Å². The van der Waals surface area contributed by atoms with E-state index >= 15 is 0 Å². The van der Waals surface area contributed by atoms with Crippen molar-refractivity contribution in [3.8, 4) is 17.0 Å². The lowest BCUT2D eigenvalue weighted by atomic mass is 9.98. The summed E-state index contributed by atoms with van der Waals surface area (Å²) in [5, 5.41) is 5.85. The van der Waals surface area contributed by atoms with Gasteiger partial charge in [-0.05, 0) is 49.3 Å². The molecule has 15 heteroatoms. The molecule has 3 amide bonds. The third-order valence-corrected chi connectivity index (χ3v) is 7.75. The maximum Gasteiger partial charge on any atom is 0.387 e. The third-order valence-electron chi connectivity index (χ3n) is 7.44. The van der Waals surface area contributed by atoms with Gasteiger partial charge in [0.15, 0.2) is 17.4 Å². The van der Waals surface area contributed by atoms with E-state index in [2.05, 4.69) is 20.4 Å². The van der Waals surface area contributed by atoms with Gasteiger partial charge in [0.05, 0.1) is 22.5 Å². The second-order valence-corrected chi connectivity index (χ2v) is 10.6. The predicted molar refractivity (Wildman–Crippen MR) is 148 cm³/mol. The number of ether oxygens (including phenoxy) is 1. The molecule has 0 spiro atoms. The quantitative estimate of drug-likeness (QED) is 0.371. The van der Waals surface area contributed by atoms with Gasteiger partial charge < -0.3 is 29.7 Å². The highest BCUT2D eigenvalue weighted by Crippen LogP contribution is 2.31. The number of alkyl halides is 2. The van der Waals surface area contributed by atoms with Crippen LogP contribution in [0.25, 0.3) is 11.3 Å². The molecule has 0 radical (unpaired) electrons. The van der Waals surface area contributed by atoms with Crippen molar-refractivity contribution in [1.82, 2.24) is 24.7 Å². The number of carbonyl (C=O) groups is 3. The van der Waals surface area contributed by atoms with Gasteiger partial charge in [-0.15, -0.1) is 0 Å². The van der Waals surface area contributed by atoms with Crippen LogP contribution in [0.15, 0.2) is 36.5 Å². The number of nitrogens with zero attached hydrogens (tertiary/aromatic N) is 4. The maximum absolute atomic E-state index is 14.6. The van der Waals surface area contributed by atoms with E-state index in [0.29, 0.717) is 38.5 Å². The zero-order valence-electron chi connectivity index (χ0n) is 22.9. The van der Waals surface area contributed by atoms with Crippen LogP contribution in [0.4, 0.5) is 23.2 Å². The Balaban J connectivity index is 1.22. The molecule has 2 aliphatic heterocycles. The first-order valence-electron chi connectivity index (χ1n) is 13.4. The van der Waals surface area contributed by atoms with Crippen molar-refractivity contribution in [2.24, 2.45) is 13.0 Å². The van der Waals surface area contributed by atoms with Gasteiger partial charge in [-0.25, -0.2) is 9.37 Å². The number of hydrogen-bond acceptors (Lipinski definition) is 6. The number of benzene rings is 2. The normalized spacial score (nSPS) is 15.4. The van der Waals surface area contributed by atoms with Crippen LogP contribution in [-0.2, 0) is 11.8 Å². The lowest BCUT2D eigenvalue weighted by Gasteiger charge is -2.36. The molecule has 43 heavy (non-hydrogen) atoms. The molecule has 2 aliphatic rings. The monoisotopic (exact) mass is 622 g/mol. The van der Waals surface area contributed by atoms with E-state index in [1.165, 1.54) is 29.8 Å². The summed E-state index contributed by atoms with van der Waals surface area (Å²) in [6, 6.07) is 6.26. The fourth-order valence-electron chi connectivity index (χ4n) is 4.94. The van der Waals surface area contributed by atoms with E-state index in [4.69, 9.17) is 11.6 Å². The molecule has 0 unspecified atom stereocenters. The summed E-state index contributed by atoms with van der Waals surface area (Å²) in [6.45, 7) is -0.0213. The van der Waals surface area contributed by atoms with Crippen LogP contribution in [0, 0.1) is 17.6 Å². The first kappa shape index (κ1) is 30.3. The minimum absolute atomic E-state index is 0.00553. The first-order valence-corrected chi connectivity index (χ1v) is 13.7. The number of imidazole rings is 1. The number of rotatable bonds is 8. The zero-order chi connectivity index (χ0) is 30.8. The SMILES string of the molecule is Cn1c(-c2ccc(OC(F)F)c(F)c2F)cnc1C(=O)Nc1ccc(C(=O)N2CCN(C(=O)CC3CNC3)CC2)c(Cl)c1. The number of piperazine rings is 1.